The zero-order valence-electron chi connectivity index (χ0n) is 24.8. The Balaban J connectivity index is 1.54. The number of fused-ring (bicyclic) bond motifs is 1. The summed E-state index contributed by atoms with van der Waals surface area (Å²) in [5, 5.41) is 6.57. The maximum absolute atomic E-state index is 13.2. The van der Waals surface area contributed by atoms with Gasteiger partial charge in [0.05, 0.1) is 29.2 Å². The molecule has 0 atom stereocenters. The first-order chi connectivity index (χ1) is 20.1. The van der Waals surface area contributed by atoms with Crippen molar-refractivity contribution in [2.75, 3.05) is 43.8 Å². The van der Waals surface area contributed by atoms with Crippen molar-refractivity contribution in [3.63, 3.8) is 0 Å². The molecule has 11 heteroatoms. The molecule has 42 heavy (non-hydrogen) atoms. The summed E-state index contributed by atoms with van der Waals surface area (Å²) >= 11 is 0. The number of hydrogen-bond acceptors (Lipinski definition) is 8. The fraction of sp³-hybridized carbons (Fsp3) is 0.516. The van der Waals surface area contributed by atoms with Gasteiger partial charge in [-0.2, -0.15) is 4.98 Å². The molecule has 1 saturated heterocycles. The summed E-state index contributed by atoms with van der Waals surface area (Å²) in [5.74, 6) is 0.356. The molecule has 2 N–H and O–H groups in total. The van der Waals surface area contributed by atoms with E-state index in [1.165, 1.54) is 10.6 Å². The largest absolute Gasteiger partial charge is 0.466 e. The number of benzene rings is 1. The Morgan fingerprint density at radius 1 is 1.19 bits per heavy atom. The van der Waals surface area contributed by atoms with Crippen LogP contribution in [0.5, 0.6) is 0 Å². The van der Waals surface area contributed by atoms with E-state index < -0.39 is 15.4 Å². The van der Waals surface area contributed by atoms with Gasteiger partial charge in [-0.3, -0.25) is 13.9 Å². The first kappa shape index (κ1) is 30.0. The van der Waals surface area contributed by atoms with E-state index in [0.717, 1.165) is 29.5 Å². The number of sulfonamides is 1. The average molecular weight is 597 g/mol. The monoisotopic (exact) mass is 596 g/mol. The van der Waals surface area contributed by atoms with Gasteiger partial charge in [-0.25, -0.2) is 8.42 Å². The van der Waals surface area contributed by atoms with Crippen LogP contribution in [0.2, 0.25) is 0 Å². The van der Waals surface area contributed by atoms with Gasteiger partial charge in [-0.05, 0) is 83.0 Å². The molecule has 0 unspecified atom stereocenters. The van der Waals surface area contributed by atoms with Gasteiger partial charge in [0.2, 0.25) is 15.7 Å². The van der Waals surface area contributed by atoms with Crippen molar-refractivity contribution >= 4 is 38.8 Å². The number of amides is 1. The van der Waals surface area contributed by atoms with E-state index in [1.54, 1.807) is 14.0 Å². The Morgan fingerprint density at radius 3 is 2.48 bits per heavy atom. The number of rotatable bonds is 11. The minimum atomic E-state index is -3.73. The van der Waals surface area contributed by atoms with E-state index in [2.05, 4.69) is 10.6 Å². The van der Waals surface area contributed by atoms with Crippen LogP contribution in [0.4, 0.5) is 5.82 Å². The number of carbonyl (C=O) groups excluding carboxylic acids is 2. The Kier molecular flexibility index (Phi) is 8.61. The van der Waals surface area contributed by atoms with Crippen molar-refractivity contribution < 1.29 is 27.2 Å². The third-order valence-corrected chi connectivity index (χ3v) is 9.55. The SMILES string of the molecule is CCOC(=O)C1(CCCN(c2nc3oc(-c4ccc(C)cc4)c(C(=O)NC)c3cc2C2CC2)S(C)(=O)=O)CCNCC1. The second kappa shape index (κ2) is 12.0. The van der Waals surface area contributed by atoms with Crippen LogP contribution in [0, 0.1) is 12.3 Å². The van der Waals surface area contributed by atoms with Gasteiger partial charge >= 0.3 is 5.97 Å². The molecule has 0 bridgehead atoms. The minimum Gasteiger partial charge on any atom is -0.466 e. The number of esters is 1. The number of aromatic nitrogens is 1. The fourth-order valence-electron chi connectivity index (χ4n) is 5.92. The highest BCUT2D eigenvalue weighted by Crippen LogP contribution is 2.47. The summed E-state index contributed by atoms with van der Waals surface area (Å²) in [7, 11) is -2.16. The lowest BCUT2D eigenvalue weighted by atomic mass is 9.75. The number of nitrogens with one attached hydrogen (secondary N) is 2. The molecule has 0 spiro atoms. The molecule has 1 amide bonds. The molecule has 1 aliphatic carbocycles. The molecule has 1 aliphatic heterocycles. The lowest BCUT2D eigenvalue weighted by Crippen LogP contribution is -2.44. The first-order valence-corrected chi connectivity index (χ1v) is 16.5. The van der Waals surface area contributed by atoms with Crippen LogP contribution in [0.3, 0.4) is 0 Å². The van der Waals surface area contributed by atoms with Crippen molar-refractivity contribution in [1.82, 2.24) is 15.6 Å². The number of piperidine rings is 1. The summed E-state index contributed by atoms with van der Waals surface area (Å²) in [6.07, 6.45) is 5.28. The Hall–Kier alpha value is -3.44. The lowest BCUT2D eigenvalue weighted by Gasteiger charge is -2.36. The number of furan rings is 1. The van der Waals surface area contributed by atoms with Crippen molar-refractivity contribution in [2.45, 2.75) is 58.3 Å². The van der Waals surface area contributed by atoms with E-state index in [9.17, 15) is 18.0 Å². The van der Waals surface area contributed by atoms with Crippen LogP contribution in [0.15, 0.2) is 34.7 Å². The zero-order chi connectivity index (χ0) is 30.1. The van der Waals surface area contributed by atoms with Gasteiger partial charge in [0.25, 0.3) is 5.91 Å². The van der Waals surface area contributed by atoms with Crippen LogP contribution in [0.25, 0.3) is 22.4 Å². The third-order valence-electron chi connectivity index (χ3n) is 8.40. The quantitative estimate of drug-likeness (QED) is 0.309. The van der Waals surface area contributed by atoms with Crippen LogP contribution >= 0.6 is 0 Å². The van der Waals surface area contributed by atoms with E-state index in [4.69, 9.17) is 14.1 Å². The van der Waals surface area contributed by atoms with Gasteiger partial charge in [-0.15, -0.1) is 0 Å². The molecule has 2 aliphatic rings. The molecule has 1 saturated carbocycles. The normalized spacial score (nSPS) is 16.8. The van der Waals surface area contributed by atoms with E-state index in [-0.39, 0.29) is 30.1 Å². The molecule has 5 rings (SSSR count). The number of anilines is 1. The Labute approximate surface area is 247 Å². The number of ether oxygens (including phenoxy) is 1. The Morgan fingerprint density at radius 2 is 1.88 bits per heavy atom. The molecule has 1 aromatic carbocycles. The summed E-state index contributed by atoms with van der Waals surface area (Å²) in [5.41, 5.74) is 2.55. The number of carbonyl (C=O) groups is 2. The minimum absolute atomic E-state index is 0.145. The van der Waals surface area contributed by atoms with E-state index >= 15 is 0 Å². The van der Waals surface area contributed by atoms with E-state index in [1.807, 2.05) is 37.3 Å². The maximum Gasteiger partial charge on any atom is 0.312 e. The highest BCUT2D eigenvalue weighted by atomic mass is 32.2. The standard InChI is InChI=1S/C31H40N4O6S/c1-5-40-30(37)31(14-16-33-17-15-31)13-6-18-35(42(4,38)39)27-23(21-11-12-21)19-24-25(28(36)32-3)26(41-29(24)34-27)22-9-7-20(2)8-10-22/h7-10,19,21,33H,5-6,11-18H2,1-4H3,(H,32,36). The zero-order valence-corrected chi connectivity index (χ0v) is 25.6. The van der Waals surface area contributed by atoms with Gasteiger partial charge in [0, 0.05) is 19.2 Å². The first-order valence-electron chi connectivity index (χ1n) is 14.7. The van der Waals surface area contributed by atoms with Crippen LogP contribution in [-0.4, -0.2) is 64.8 Å². The van der Waals surface area contributed by atoms with Crippen molar-refractivity contribution in [3.05, 3.63) is 47.0 Å². The van der Waals surface area contributed by atoms with Crippen LogP contribution in [-0.2, 0) is 19.6 Å². The average Bonchev–Trinajstić information content (AvgIpc) is 3.75. The number of pyridine rings is 1. The van der Waals surface area contributed by atoms with Crippen LogP contribution < -0.4 is 14.9 Å². The molecule has 3 heterocycles. The third kappa shape index (κ3) is 6.03. The van der Waals surface area contributed by atoms with Gasteiger partial charge in [0.15, 0.2) is 0 Å². The van der Waals surface area contributed by atoms with E-state index in [0.29, 0.717) is 67.9 Å². The molecule has 0 radical (unpaired) electrons. The highest BCUT2D eigenvalue weighted by molar-refractivity contribution is 7.92. The van der Waals surface area contributed by atoms with Gasteiger partial charge in [0.1, 0.15) is 11.6 Å². The molecule has 226 valence electrons. The predicted molar refractivity (Wildman–Crippen MR) is 162 cm³/mol. The summed E-state index contributed by atoms with van der Waals surface area (Å²) in [6.45, 7) is 5.69. The smallest absolute Gasteiger partial charge is 0.312 e. The second-order valence-electron chi connectivity index (χ2n) is 11.5. The predicted octanol–water partition coefficient (Wildman–Crippen LogP) is 4.52. The number of aryl methyl sites for hydroxylation is 1. The summed E-state index contributed by atoms with van der Waals surface area (Å²) in [6, 6.07) is 9.56. The van der Waals surface area contributed by atoms with Gasteiger partial charge < -0.3 is 19.8 Å². The molecule has 2 aromatic heterocycles. The lowest BCUT2D eigenvalue weighted by molar-refractivity contribution is -0.157. The molecule has 3 aromatic rings. The Bertz CT molecular complexity index is 1570. The maximum atomic E-state index is 13.2. The molecule has 10 nitrogen and oxygen atoms in total. The molecular weight excluding hydrogens is 556 g/mol. The number of hydrogen-bond donors (Lipinski definition) is 2. The summed E-state index contributed by atoms with van der Waals surface area (Å²) < 4.78 is 39.5. The van der Waals surface area contributed by atoms with Crippen molar-refractivity contribution in [2.24, 2.45) is 5.41 Å². The van der Waals surface area contributed by atoms with Crippen molar-refractivity contribution in [3.8, 4) is 11.3 Å². The second-order valence-corrected chi connectivity index (χ2v) is 13.4. The number of nitrogens with zero attached hydrogens (tertiary/aromatic N) is 2. The molecular formula is C31H40N4O6S. The van der Waals surface area contributed by atoms with Gasteiger partial charge in [-0.1, -0.05) is 29.8 Å². The fourth-order valence-corrected chi connectivity index (χ4v) is 6.84. The summed E-state index contributed by atoms with van der Waals surface area (Å²) in [4.78, 5) is 30.9. The highest BCUT2D eigenvalue weighted by Gasteiger charge is 2.41. The van der Waals surface area contributed by atoms with Crippen molar-refractivity contribution in [1.29, 1.82) is 0 Å². The van der Waals surface area contributed by atoms with Crippen LogP contribution in [0.1, 0.15) is 72.9 Å². The molecule has 2 fully saturated rings. The topological polar surface area (TPSA) is 131 Å².